The van der Waals surface area contributed by atoms with Crippen molar-refractivity contribution in [3.63, 3.8) is 0 Å². The summed E-state index contributed by atoms with van der Waals surface area (Å²) in [5, 5.41) is 11.5. The van der Waals surface area contributed by atoms with Crippen LogP contribution in [0.3, 0.4) is 0 Å². The van der Waals surface area contributed by atoms with Gasteiger partial charge >= 0.3 is 6.09 Å². The lowest BCUT2D eigenvalue weighted by Crippen LogP contribution is -2.46. The first-order chi connectivity index (χ1) is 14.6. The fraction of sp³-hybridized carbons (Fsp3) is 0.739. The van der Waals surface area contributed by atoms with Crippen LogP contribution in [0.25, 0.3) is 0 Å². The molecule has 2 fully saturated rings. The number of halogens is 1. The number of pyridine rings is 1. The molecule has 7 nitrogen and oxygen atoms in total. The Bertz CT molecular complexity index is 753. The predicted molar refractivity (Wildman–Crippen MR) is 118 cm³/mol. The van der Waals surface area contributed by atoms with E-state index in [-0.39, 0.29) is 12.4 Å². The molecule has 2 aliphatic rings. The van der Waals surface area contributed by atoms with Gasteiger partial charge in [-0.05, 0) is 64.5 Å². The molecular formula is C23H35ClN2O5. The summed E-state index contributed by atoms with van der Waals surface area (Å²) in [5.74, 6) is 0. The van der Waals surface area contributed by atoms with Crippen LogP contribution in [-0.4, -0.2) is 52.7 Å². The van der Waals surface area contributed by atoms with Crippen LogP contribution < -0.4 is 0 Å². The van der Waals surface area contributed by atoms with Crippen LogP contribution in [0.5, 0.6) is 0 Å². The zero-order valence-electron chi connectivity index (χ0n) is 19.0. The summed E-state index contributed by atoms with van der Waals surface area (Å²) in [6, 6.07) is 1.87. The van der Waals surface area contributed by atoms with Gasteiger partial charge in [0, 0.05) is 36.9 Å². The fourth-order valence-electron chi connectivity index (χ4n) is 3.99. The van der Waals surface area contributed by atoms with Crippen LogP contribution >= 0.6 is 11.6 Å². The molecule has 0 aliphatic carbocycles. The maximum absolute atomic E-state index is 12.4. The molecule has 2 atom stereocenters. The van der Waals surface area contributed by atoms with Crippen LogP contribution in [0.1, 0.15) is 77.0 Å². The number of aliphatic hydroxyl groups is 1. The van der Waals surface area contributed by atoms with Crippen molar-refractivity contribution >= 4 is 17.7 Å². The van der Waals surface area contributed by atoms with Crippen LogP contribution in [0.4, 0.5) is 4.79 Å². The van der Waals surface area contributed by atoms with Crippen LogP contribution in [-0.2, 0) is 20.8 Å². The molecule has 1 aromatic rings. The minimum atomic E-state index is -0.792. The molecule has 2 unspecified atom stereocenters. The number of nitrogens with zero attached hydrogens (tertiary/aromatic N) is 2. The Balaban J connectivity index is 1.62. The van der Waals surface area contributed by atoms with E-state index in [4.69, 9.17) is 25.8 Å². The molecule has 0 saturated carbocycles. The third-order valence-corrected chi connectivity index (χ3v) is 6.32. The highest BCUT2D eigenvalue weighted by Crippen LogP contribution is 2.44. The maximum Gasteiger partial charge on any atom is 0.410 e. The fourth-order valence-corrected chi connectivity index (χ4v) is 4.20. The Morgan fingerprint density at radius 1 is 1.39 bits per heavy atom. The lowest BCUT2D eigenvalue weighted by atomic mass is 9.73. The molecule has 174 valence electrons. The Labute approximate surface area is 190 Å². The van der Waals surface area contributed by atoms with Crippen molar-refractivity contribution < 1.29 is 24.1 Å². The Kier molecular flexibility index (Phi) is 7.84. The van der Waals surface area contributed by atoms with Gasteiger partial charge in [0.05, 0.1) is 12.7 Å². The van der Waals surface area contributed by atoms with Gasteiger partial charge in [0.2, 0.25) is 0 Å². The number of carbonyl (C=O) groups excluding carboxylic acids is 1. The minimum absolute atomic E-state index is 0.187. The monoisotopic (exact) mass is 454 g/mol. The second-order valence-electron chi connectivity index (χ2n) is 9.85. The number of hydrogen-bond donors (Lipinski definition) is 1. The van der Waals surface area contributed by atoms with Gasteiger partial charge in [0.25, 0.3) is 0 Å². The maximum atomic E-state index is 12.4. The molecule has 8 heteroatoms. The average Bonchev–Trinajstić information content (AvgIpc) is 2.72. The zero-order valence-corrected chi connectivity index (χ0v) is 19.8. The number of piperidine rings is 1. The lowest BCUT2D eigenvalue weighted by molar-refractivity contribution is -0.169. The van der Waals surface area contributed by atoms with Gasteiger partial charge in [-0.1, -0.05) is 18.5 Å². The first kappa shape index (κ1) is 24.2. The van der Waals surface area contributed by atoms with E-state index >= 15 is 0 Å². The van der Waals surface area contributed by atoms with Gasteiger partial charge in [-0.3, -0.25) is 0 Å². The van der Waals surface area contributed by atoms with Crippen LogP contribution in [0, 0.1) is 5.41 Å². The zero-order chi connectivity index (χ0) is 22.6. The number of aliphatic hydroxyl groups excluding tert-OH is 1. The molecule has 1 amide bonds. The second kappa shape index (κ2) is 10.0. The largest absolute Gasteiger partial charge is 0.444 e. The van der Waals surface area contributed by atoms with E-state index in [2.05, 4.69) is 4.98 Å². The Morgan fingerprint density at radius 3 is 2.71 bits per heavy atom. The van der Waals surface area contributed by atoms with E-state index < -0.39 is 17.1 Å². The van der Waals surface area contributed by atoms with E-state index in [1.807, 2.05) is 33.8 Å². The Morgan fingerprint density at radius 2 is 2.10 bits per heavy atom. The number of ether oxygens (including phenoxy) is 3. The summed E-state index contributed by atoms with van der Waals surface area (Å²) in [4.78, 5) is 18.3. The van der Waals surface area contributed by atoms with Crippen molar-refractivity contribution in [1.82, 2.24) is 9.88 Å². The minimum Gasteiger partial charge on any atom is -0.444 e. The molecule has 1 aromatic heterocycles. The molecular weight excluding hydrogens is 420 g/mol. The van der Waals surface area contributed by atoms with Gasteiger partial charge in [-0.25, -0.2) is 9.78 Å². The second-order valence-corrected chi connectivity index (χ2v) is 10.2. The summed E-state index contributed by atoms with van der Waals surface area (Å²) >= 11 is 6.35. The quantitative estimate of drug-likeness (QED) is 0.640. The summed E-state index contributed by atoms with van der Waals surface area (Å²) in [6.07, 6.45) is 4.73. The standard InChI is InChI=1S/C23H35ClN2O5/c1-22(2,3)31-21(28)26-10-8-23(4,9-11-26)19(27)17-13-16(14-25-20(17)24)15-30-18-7-5-6-12-29-18/h13-14,18-19,27H,5-12,15H2,1-4H3. The number of hydrogen-bond acceptors (Lipinski definition) is 6. The summed E-state index contributed by atoms with van der Waals surface area (Å²) in [5.41, 5.74) is 0.500. The van der Waals surface area contributed by atoms with Crippen molar-refractivity contribution in [3.05, 3.63) is 28.5 Å². The number of likely N-dealkylation sites (tertiary alicyclic amines) is 1. The molecule has 0 bridgehead atoms. The van der Waals surface area contributed by atoms with Crippen LogP contribution in [0.15, 0.2) is 12.3 Å². The van der Waals surface area contributed by atoms with Crippen molar-refractivity contribution in [2.75, 3.05) is 19.7 Å². The topological polar surface area (TPSA) is 81.1 Å². The van der Waals surface area contributed by atoms with Crippen LogP contribution in [0.2, 0.25) is 5.15 Å². The lowest BCUT2D eigenvalue weighted by Gasteiger charge is -2.42. The van der Waals surface area contributed by atoms with Gasteiger partial charge in [-0.15, -0.1) is 0 Å². The van der Waals surface area contributed by atoms with Crippen molar-refractivity contribution in [3.8, 4) is 0 Å². The SMILES string of the molecule is CC(C)(C)OC(=O)N1CCC(C)(C(O)c2cc(COC3CCCCO3)cnc2Cl)CC1. The molecule has 1 N–H and O–H groups in total. The Hall–Kier alpha value is -1.41. The van der Waals surface area contributed by atoms with Crippen molar-refractivity contribution in [2.45, 2.75) is 84.4 Å². The van der Waals surface area contributed by atoms with E-state index in [9.17, 15) is 9.90 Å². The molecule has 0 aromatic carbocycles. The summed E-state index contributed by atoms with van der Waals surface area (Å²) < 4.78 is 16.9. The van der Waals surface area contributed by atoms with Crippen molar-refractivity contribution in [2.24, 2.45) is 5.41 Å². The summed E-state index contributed by atoms with van der Waals surface area (Å²) in [6.45, 7) is 9.73. The molecule has 2 saturated heterocycles. The van der Waals surface area contributed by atoms with E-state index in [0.29, 0.717) is 43.3 Å². The highest BCUT2D eigenvalue weighted by Gasteiger charge is 2.40. The number of carbonyl (C=O) groups is 1. The van der Waals surface area contributed by atoms with Gasteiger partial charge in [-0.2, -0.15) is 0 Å². The van der Waals surface area contributed by atoms with E-state index in [1.54, 1.807) is 11.1 Å². The predicted octanol–water partition coefficient (Wildman–Crippen LogP) is 4.85. The van der Waals surface area contributed by atoms with Crippen molar-refractivity contribution in [1.29, 1.82) is 0 Å². The molecule has 0 radical (unpaired) electrons. The van der Waals surface area contributed by atoms with Gasteiger partial charge in [0.15, 0.2) is 6.29 Å². The van der Waals surface area contributed by atoms with E-state index in [0.717, 1.165) is 31.4 Å². The third-order valence-electron chi connectivity index (χ3n) is 6.01. The number of amides is 1. The third kappa shape index (κ3) is 6.54. The first-order valence-corrected chi connectivity index (χ1v) is 11.5. The molecule has 2 aliphatic heterocycles. The highest BCUT2D eigenvalue weighted by atomic mass is 35.5. The molecule has 31 heavy (non-hydrogen) atoms. The number of aromatic nitrogens is 1. The first-order valence-electron chi connectivity index (χ1n) is 11.1. The molecule has 3 rings (SSSR count). The van der Waals surface area contributed by atoms with Gasteiger partial charge in [0.1, 0.15) is 10.8 Å². The molecule has 0 spiro atoms. The smallest absolute Gasteiger partial charge is 0.410 e. The molecule has 3 heterocycles. The van der Waals surface area contributed by atoms with E-state index in [1.165, 1.54) is 0 Å². The highest BCUT2D eigenvalue weighted by molar-refractivity contribution is 6.30. The summed E-state index contributed by atoms with van der Waals surface area (Å²) in [7, 11) is 0. The number of rotatable bonds is 5. The normalized spacial score (nSPS) is 22.8. The van der Waals surface area contributed by atoms with Gasteiger partial charge < -0.3 is 24.2 Å². The average molecular weight is 455 g/mol.